The second-order valence-corrected chi connectivity index (χ2v) is 6.81. The SMILES string of the molecule is CCNC(=NCc1nc(C)c(C)o1)N1CC(C)OC(c2ccc(F)cc2)C1. The average Bonchev–Trinajstić information content (AvgIpc) is 2.96. The van der Waals surface area contributed by atoms with Crippen molar-refractivity contribution in [1.82, 2.24) is 15.2 Å². The van der Waals surface area contributed by atoms with Gasteiger partial charge in [0, 0.05) is 13.1 Å². The van der Waals surface area contributed by atoms with Crippen LogP contribution in [0.15, 0.2) is 33.7 Å². The van der Waals surface area contributed by atoms with E-state index in [4.69, 9.17) is 14.1 Å². The molecule has 0 saturated carbocycles. The molecule has 1 aliphatic heterocycles. The number of halogens is 1. The smallest absolute Gasteiger partial charge is 0.216 e. The number of rotatable bonds is 4. The minimum atomic E-state index is -0.245. The fourth-order valence-corrected chi connectivity index (χ4v) is 3.16. The third-order valence-corrected chi connectivity index (χ3v) is 4.57. The molecule has 0 bridgehead atoms. The van der Waals surface area contributed by atoms with Gasteiger partial charge >= 0.3 is 0 Å². The van der Waals surface area contributed by atoms with Crippen molar-refractivity contribution in [2.24, 2.45) is 4.99 Å². The lowest BCUT2D eigenvalue weighted by Crippen LogP contribution is -2.50. The molecule has 1 N–H and O–H groups in total. The van der Waals surface area contributed by atoms with Gasteiger partial charge in [-0.25, -0.2) is 14.4 Å². The van der Waals surface area contributed by atoms with Crippen LogP contribution >= 0.6 is 0 Å². The molecule has 1 aromatic heterocycles. The summed E-state index contributed by atoms with van der Waals surface area (Å²) in [6, 6.07) is 6.49. The van der Waals surface area contributed by atoms with Crippen molar-refractivity contribution in [3.63, 3.8) is 0 Å². The molecule has 2 atom stereocenters. The van der Waals surface area contributed by atoms with Gasteiger partial charge < -0.3 is 19.4 Å². The van der Waals surface area contributed by atoms with Crippen molar-refractivity contribution in [3.8, 4) is 0 Å². The predicted octanol–water partition coefficient (Wildman–Crippen LogP) is 3.36. The largest absolute Gasteiger partial charge is 0.444 e. The van der Waals surface area contributed by atoms with Crippen LogP contribution in [0.2, 0.25) is 0 Å². The summed E-state index contributed by atoms with van der Waals surface area (Å²) in [6.45, 7) is 10.4. The summed E-state index contributed by atoms with van der Waals surface area (Å²) < 4.78 is 24.9. The molecule has 0 amide bonds. The fourth-order valence-electron chi connectivity index (χ4n) is 3.16. The first-order chi connectivity index (χ1) is 13.0. The number of morpholine rings is 1. The van der Waals surface area contributed by atoms with E-state index in [1.807, 2.05) is 27.7 Å². The molecule has 2 aromatic rings. The summed E-state index contributed by atoms with van der Waals surface area (Å²) in [5.41, 5.74) is 1.85. The summed E-state index contributed by atoms with van der Waals surface area (Å²) in [4.78, 5) is 11.3. The van der Waals surface area contributed by atoms with Crippen LogP contribution in [0.4, 0.5) is 4.39 Å². The van der Waals surface area contributed by atoms with E-state index in [1.54, 1.807) is 12.1 Å². The number of aliphatic imine (C=N–C) groups is 1. The third kappa shape index (κ3) is 4.86. The van der Waals surface area contributed by atoms with Gasteiger partial charge in [-0.05, 0) is 45.4 Å². The summed E-state index contributed by atoms with van der Waals surface area (Å²) in [6.07, 6.45) is -0.103. The highest BCUT2D eigenvalue weighted by Gasteiger charge is 2.28. The number of ether oxygens (including phenoxy) is 1. The normalized spacial score (nSPS) is 20.8. The number of aryl methyl sites for hydroxylation is 2. The number of oxazole rings is 1. The Bertz CT molecular complexity index is 768. The topological polar surface area (TPSA) is 62.9 Å². The molecule has 1 aliphatic rings. The van der Waals surface area contributed by atoms with Gasteiger partial charge in [-0.2, -0.15) is 0 Å². The van der Waals surface area contributed by atoms with E-state index in [-0.39, 0.29) is 18.0 Å². The average molecular weight is 374 g/mol. The van der Waals surface area contributed by atoms with Crippen LogP contribution in [0.1, 0.15) is 42.9 Å². The molecule has 6 nitrogen and oxygen atoms in total. The second-order valence-electron chi connectivity index (χ2n) is 6.81. The number of nitrogens with one attached hydrogen (secondary N) is 1. The maximum atomic E-state index is 13.2. The number of nitrogens with zero attached hydrogens (tertiary/aromatic N) is 3. The van der Waals surface area contributed by atoms with E-state index < -0.39 is 0 Å². The summed E-state index contributed by atoms with van der Waals surface area (Å²) >= 11 is 0. The lowest BCUT2D eigenvalue weighted by atomic mass is 10.1. The maximum Gasteiger partial charge on any atom is 0.216 e. The van der Waals surface area contributed by atoms with Crippen LogP contribution in [0.3, 0.4) is 0 Å². The monoisotopic (exact) mass is 374 g/mol. The molecule has 1 saturated heterocycles. The van der Waals surface area contributed by atoms with Crippen LogP contribution in [0.5, 0.6) is 0 Å². The summed E-state index contributed by atoms with van der Waals surface area (Å²) in [5.74, 6) is 1.98. The quantitative estimate of drug-likeness (QED) is 0.657. The molecule has 1 fully saturated rings. The number of hydrogen-bond donors (Lipinski definition) is 1. The zero-order chi connectivity index (χ0) is 19.4. The van der Waals surface area contributed by atoms with Crippen molar-refractivity contribution in [2.45, 2.75) is 46.4 Å². The molecule has 2 unspecified atom stereocenters. The van der Waals surface area contributed by atoms with E-state index in [1.165, 1.54) is 12.1 Å². The van der Waals surface area contributed by atoms with E-state index >= 15 is 0 Å². The van der Waals surface area contributed by atoms with Gasteiger partial charge in [-0.1, -0.05) is 12.1 Å². The van der Waals surface area contributed by atoms with Crippen LogP contribution < -0.4 is 5.32 Å². The first-order valence-electron chi connectivity index (χ1n) is 9.33. The lowest BCUT2D eigenvalue weighted by Gasteiger charge is -2.38. The van der Waals surface area contributed by atoms with Crippen LogP contribution in [0, 0.1) is 19.7 Å². The minimum Gasteiger partial charge on any atom is -0.444 e. The third-order valence-electron chi connectivity index (χ3n) is 4.57. The molecule has 146 valence electrons. The van der Waals surface area contributed by atoms with Gasteiger partial charge in [-0.3, -0.25) is 0 Å². The molecule has 0 spiro atoms. The van der Waals surface area contributed by atoms with Gasteiger partial charge in [0.25, 0.3) is 0 Å². The van der Waals surface area contributed by atoms with E-state index in [2.05, 4.69) is 15.2 Å². The number of benzene rings is 1. The van der Waals surface area contributed by atoms with Crippen molar-refractivity contribution < 1.29 is 13.5 Å². The molecule has 7 heteroatoms. The zero-order valence-corrected chi connectivity index (χ0v) is 16.3. The highest BCUT2D eigenvalue weighted by molar-refractivity contribution is 5.80. The number of aromatic nitrogens is 1. The Balaban J connectivity index is 1.76. The lowest BCUT2D eigenvalue weighted by molar-refractivity contribution is -0.0605. The highest BCUT2D eigenvalue weighted by atomic mass is 19.1. The van der Waals surface area contributed by atoms with E-state index in [0.29, 0.717) is 19.0 Å². The Kier molecular flexibility index (Phi) is 6.11. The molecule has 0 radical (unpaired) electrons. The standard InChI is InChI=1S/C20H27FN4O2/c1-5-22-20(23-10-19-24-14(3)15(4)27-19)25-11-13(2)26-18(12-25)16-6-8-17(21)9-7-16/h6-9,13,18H,5,10-12H2,1-4H3,(H,22,23). The first-order valence-corrected chi connectivity index (χ1v) is 9.33. The van der Waals surface area contributed by atoms with Crippen molar-refractivity contribution >= 4 is 5.96 Å². The Morgan fingerprint density at radius 3 is 2.67 bits per heavy atom. The Morgan fingerprint density at radius 1 is 1.30 bits per heavy atom. The molecule has 1 aromatic carbocycles. The maximum absolute atomic E-state index is 13.2. The van der Waals surface area contributed by atoms with Crippen molar-refractivity contribution in [3.05, 3.63) is 53.0 Å². The van der Waals surface area contributed by atoms with Gasteiger partial charge in [0.05, 0.1) is 18.3 Å². The second kappa shape index (κ2) is 8.52. The number of hydrogen-bond acceptors (Lipinski definition) is 4. The summed E-state index contributed by atoms with van der Waals surface area (Å²) in [5, 5.41) is 3.34. The molecule has 2 heterocycles. The van der Waals surface area contributed by atoms with Gasteiger partial charge in [0.1, 0.15) is 24.2 Å². The van der Waals surface area contributed by atoms with Gasteiger partial charge in [-0.15, -0.1) is 0 Å². The van der Waals surface area contributed by atoms with Crippen molar-refractivity contribution in [2.75, 3.05) is 19.6 Å². The molecule has 27 heavy (non-hydrogen) atoms. The Morgan fingerprint density at radius 2 is 2.04 bits per heavy atom. The molecule has 0 aliphatic carbocycles. The molecular formula is C20H27FN4O2. The Labute approximate surface area is 159 Å². The predicted molar refractivity (Wildman–Crippen MR) is 102 cm³/mol. The molecule has 3 rings (SSSR count). The minimum absolute atomic E-state index is 0.0314. The van der Waals surface area contributed by atoms with Gasteiger partial charge in [0.2, 0.25) is 5.89 Å². The highest BCUT2D eigenvalue weighted by Crippen LogP contribution is 2.25. The number of guanidine groups is 1. The fraction of sp³-hybridized carbons (Fsp3) is 0.500. The van der Waals surface area contributed by atoms with Crippen LogP contribution in [-0.4, -0.2) is 41.6 Å². The van der Waals surface area contributed by atoms with Crippen LogP contribution in [0.25, 0.3) is 0 Å². The van der Waals surface area contributed by atoms with Crippen LogP contribution in [-0.2, 0) is 11.3 Å². The zero-order valence-electron chi connectivity index (χ0n) is 16.3. The molecular weight excluding hydrogens is 347 g/mol. The van der Waals surface area contributed by atoms with E-state index in [0.717, 1.165) is 36.1 Å². The van der Waals surface area contributed by atoms with Gasteiger partial charge in [0.15, 0.2) is 5.96 Å². The Hall–Kier alpha value is -2.41. The summed E-state index contributed by atoms with van der Waals surface area (Å²) in [7, 11) is 0. The van der Waals surface area contributed by atoms with E-state index in [9.17, 15) is 4.39 Å². The first kappa shape index (κ1) is 19.4. The van der Waals surface area contributed by atoms with Crippen molar-refractivity contribution in [1.29, 1.82) is 0 Å².